The van der Waals surface area contributed by atoms with Crippen LogP contribution in [0, 0.1) is 25.2 Å². The number of rotatable bonds is 6. The summed E-state index contributed by atoms with van der Waals surface area (Å²) >= 11 is 6.09. The van der Waals surface area contributed by atoms with E-state index in [-0.39, 0.29) is 0 Å². The molecular formula is C13H21ClN4. The molecule has 4 nitrogen and oxygen atoms in total. The van der Waals surface area contributed by atoms with Crippen LogP contribution in [0.2, 0.25) is 5.02 Å². The van der Waals surface area contributed by atoms with Crippen LogP contribution >= 0.6 is 11.6 Å². The van der Waals surface area contributed by atoms with Crippen LogP contribution in [0.15, 0.2) is 0 Å². The Bertz CT molecular complexity index is 447. The van der Waals surface area contributed by atoms with E-state index in [0.29, 0.717) is 0 Å². The van der Waals surface area contributed by atoms with Gasteiger partial charge < -0.3 is 5.32 Å². The molecular weight excluding hydrogens is 248 g/mol. The Morgan fingerprint density at radius 2 is 2.11 bits per heavy atom. The molecule has 0 spiro atoms. The zero-order valence-corrected chi connectivity index (χ0v) is 12.3. The Morgan fingerprint density at radius 3 is 2.56 bits per heavy atom. The minimum absolute atomic E-state index is 0.424. The summed E-state index contributed by atoms with van der Waals surface area (Å²) in [7, 11) is 1.82. The van der Waals surface area contributed by atoms with Gasteiger partial charge in [-0.15, -0.1) is 0 Å². The summed E-state index contributed by atoms with van der Waals surface area (Å²) in [5.41, 5.74) is 1.48. The van der Waals surface area contributed by atoms with E-state index in [1.54, 1.807) is 0 Å². The predicted molar refractivity (Wildman–Crippen MR) is 73.6 cm³/mol. The van der Waals surface area contributed by atoms with E-state index >= 15 is 0 Å². The molecule has 0 aromatic carbocycles. The second-order valence-corrected chi connectivity index (χ2v) is 5.24. The standard InChI is InChI=1S/C13H21ClN4/c1-10-12(14)11(2)18(17-10)8-6-5-7-13(3,9-15)16-4/h16H,5-8H2,1-4H3. The predicted octanol–water partition coefficient (Wildman–Crippen LogP) is 2.83. The maximum Gasteiger partial charge on any atom is 0.103 e. The Hall–Kier alpha value is -1.05. The molecule has 0 saturated carbocycles. The molecule has 18 heavy (non-hydrogen) atoms. The molecule has 0 fully saturated rings. The SMILES string of the molecule is CNC(C)(C#N)CCCCn1nc(C)c(Cl)c1C. The molecule has 0 aliphatic carbocycles. The molecule has 0 bridgehead atoms. The van der Waals surface area contributed by atoms with Gasteiger partial charge in [0, 0.05) is 6.54 Å². The molecule has 1 aromatic heterocycles. The highest BCUT2D eigenvalue weighted by atomic mass is 35.5. The van der Waals surface area contributed by atoms with Crippen LogP contribution in [0.25, 0.3) is 0 Å². The topological polar surface area (TPSA) is 53.6 Å². The smallest absolute Gasteiger partial charge is 0.103 e. The average Bonchev–Trinajstić information content (AvgIpc) is 2.62. The van der Waals surface area contributed by atoms with Gasteiger partial charge in [0.05, 0.1) is 22.5 Å². The Labute approximate surface area is 114 Å². The van der Waals surface area contributed by atoms with E-state index in [1.165, 1.54) is 0 Å². The average molecular weight is 269 g/mol. The van der Waals surface area contributed by atoms with Crippen LogP contribution in [-0.2, 0) is 6.54 Å². The maximum absolute atomic E-state index is 9.04. The lowest BCUT2D eigenvalue weighted by Crippen LogP contribution is -2.37. The van der Waals surface area contributed by atoms with Crippen molar-refractivity contribution in [1.82, 2.24) is 15.1 Å². The lowest BCUT2D eigenvalue weighted by atomic mass is 9.97. The van der Waals surface area contributed by atoms with Gasteiger partial charge in [-0.1, -0.05) is 11.6 Å². The summed E-state index contributed by atoms with van der Waals surface area (Å²) in [6.07, 6.45) is 2.82. The zero-order valence-electron chi connectivity index (χ0n) is 11.5. The second kappa shape index (κ2) is 6.21. The van der Waals surface area contributed by atoms with E-state index in [4.69, 9.17) is 16.9 Å². The molecule has 1 atom stereocenters. The van der Waals surface area contributed by atoms with E-state index < -0.39 is 5.54 Å². The number of hydrogen-bond acceptors (Lipinski definition) is 3. The van der Waals surface area contributed by atoms with Gasteiger partial charge >= 0.3 is 0 Å². The third kappa shape index (κ3) is 3.47. The normalized spacial score (nSPS) is 14.2. The Kier molecular flexibility index (Phi) is 5.18. The van der Waals surface area contributed by atoms with E-state index in [0.717, 1.165) is 42.2 Å². The summed E-state index contributed by atoms with van der Waals surface area (Å²) in [4.78, 5) is 0. The van der Waals surface area contributed by atoms with Gasteiger partial charge in [0.25, 0.3) is 0 Å². The van der Waals surface area contributed by atoms with Crippen molar-refractivity contribution in [3.8, 4) is 6.07 Å². The first-order chi connectivity index (χ1) is 8.43. The highest BCUT2D eigenvalue weighted by Crippen LogP contribution is 2.20. The van der Waals surface area contributed by atoms with Crippen LogP contribution in [0.5, 0.6) is 0 Å². The lowest BCUT2D eigenvalue weighted by molar-refractivity contribution is 0.418. The molecule has 1 rings (SSSR count). The monoisotopic (exact) mass is 268 g/mol. The molecule has 0 radical (unpaired) electrons. The van der Waals surface area contributed by atoms with Gasteiger partial charge in [0.15, 0.2) is 0 Å². The fourth-order valence-corrected chi connectivity index (χ4v) is 2.01. The second-order valence-electron chi connectivity index (χ2n) is 4.86. The number of aryl methyl sites for hydroxylation is 2. The van der Waals surface area contributed by atoms with Gasteiger partial charge in [-0.25, -0.2) is 0 Å². The minimum atomic E-state index is -0.424. The Balaban J connectivity index is 2.44. The third-order valence-electron chi connectivity index (χ3n) is 3.39. The molecule has 1 aromatic rings. The third-order valence-corrected chi connectivity index (χ3v) is 3.94. The van der Waals surface area contributed by atoms with E-state index in [9.17, 15) is 0 Å². The van der Waals surface area contributed by atoms with Gasteiger partial charge in [-0.05, 0) is 47.1 Å². The summed E-state index contributed by atoms with van der Waals surface area (Å²) in [6, 6.07) is 2.30. The van der Waals surface area contributed by atoms with E-state index in [2.05, 4.69) is 16.5 Å². The van der Waals surface area contributed by atoms with Crippen LogP contribution in [0.4, 0.5) is 0 Å². The van der Waals surface area contributed by atoms with Crippen LogP contribution in [-0.4, -0.2) is 22.4 Å². The van der Waals surface area contributed by atoms with Crippen molar-refractivity contribution in [2.24, 2.45) is 0 Å². The number of halogens is 1. The van der Waals surface area contributed by atoms with Gasteiger partial charge in [0.1, 0.15) is 5.54 Å². The highest BCUT2D eigenvalue weighted by molar-refractivity contribution is 6.31. The lowest BCUT2D eigenvalue weighted by Gasteiger charge is -2.20. The number of hydrogen-bond donors (Lipinski definition) is 1. The minimum Gasteiger partial charge on any atom is -0.303 e. The molecule has 1 unspecified atom stereocenters. The largest absolute Gasteiger partial charge is 0.303 e. The summed E-state index contributed by atoms with van der Waals surface area (Å²) in [5.74, 6) is 0. The number of nitriles is 1. The zero-order chi connectivity index (χ0) is 13.8. The van der Waals surface area contributed by atoms with Crippen molar-refractivity contribution in [2.45, 2.75) is 52.1 Å². The fourth-order valence-electron chi connectivity index (χ4n) is 1.87. The molecule has 1 heterocycles. The molecule has 0 aliphatic heterocycles. The Morgan fingerprint density at radius 1 is 1.44 bits per heavy atom. The molecule has 0 saturated heterocycles. The van der Waals surface area contributed by atoms with Crippen molar-refractivity contribution < 1.29 is 0 Å². The molecule has 1 N–H and O–H groups in total. The van der Waals surface area contributed by atoms with Crippen molar-refractivity contribution in [2.75, 3.05) is 7.05 Å². The van der Waals surface area contributed by atoms with Crippen molar-refractivity contribution >= 4 is 11.6 Å². The van der Waals surface area contributed by atoms with Crippen molar-refractivity contribution in [3.63, 3.8) is 0 Å². The first kappa shape index (κ1) is 15.0. The summed E-state index contributed by atoms with van der Waals surface area (Å²) in [5, 5.41) is 17.2. The quantitative estimate of drug-likeness (QED) is 0.807. The van der Waals surface area contributed by atoms with Crippen molar-refractivity contribution in [1.29, 1.82) is 5.26 Å². The first-order valence-corrected chi connectivity index (χ1v) is 6.61. The summed E-state index contributed by atoms with van der Waals surface area (Å²) < 4.78 is 1.95. The molecule has 0 amide bonds. The first-order valence-electron chi connectivity index (χ1n) is 6.23. The highest BCUT2D eigenvalue weighted by Gasteiger charge is 2.20. The van der Waals surface area contributed by atoms with E-state index in [1.807, 2.05) is 32.5 Å². The van der Waals surface area contributed by atoms with Crippen LogP contribution in [0.3, 0.4) is 0 Å². The van der Waals surface area contributed by atoms with Gasteiger partial charge in [-0.3, -0.25) is 4.68 Å². The number of nitrogens with zero attached hydrogens (tertiary/aromatic N) is 3. The molecule has 0 aliphatic rings. The number of unbranched alkanes of at least 4 members (excludes halogenated alkanes) is 1. The number of aromatic nitrogens is 2. The maximum atomic E-state index is 9.04. The molecule has 5 heteroatoms. The van der Waals surface area contributed by atoms with Gasteiger partial charge in [-0.2, -0.15) is 10.4 Å². The fraction of sp³-hybridized carbons (Fsp3) is 0.692. The summed E-state index contributed by atoms with van der Waals surface area (Å²) in [6.45, 7) is 6.67. The van der Waals surface area contributed by atoms with Crippen molar-refractivity contribution in [3.05, 3.63) is 16.4 Å². The number of nitrogens with one attached hydrogen (secondary N) is 1. The van der Waals surface area contributed by atoms with Gasteiger partial charge in [0.2, 0.25) is 0 Å². The van der Waals surface area contributed by atoms with Crippen LogP contribution < -0.4 is 5.32 Å². The van der Waals surface area contributed by atoms with Crippen LogP contribution in [0.1, 0.15) is 37.6 Å². The molecule has 100 valence electrons.